The summed E-state index contributed by atoms with van der Waals surface area (Å²) in [6.07, 6.45) is 1.44. The molecule has 0 spiro atoms. The Kier molecular flexibility index (Phi) is 3.73. The van der Waals surface area contributed by atoms with Crippen LogP contribution in [-0.4, -0.2) is 31.1 Å². The van der Waals surface area contributed by atoms with Crippen molar-refractivity contribution < 1.29 is 9.26 Å². The Hall–Kier alpha value is -2.90. The molecule has 0 saturated heterocycles. The second kappa shape index (κ2) is 5.84. The van der Waals surface area contributed by atoms with Crippen LogP contribution in [0.15, 0.2) is 39.9 Å². The molecule has 2 heterocycles. The van der Waals surface area contributed by atoms with Gasteiger partial charge in [-0.1, -0.05) is 5.16 Å². The first kappa shape index (κ1) is 14.1. The summed E-state index contributed by atoms with van der Waals surface area (Å²) in [5.74, 6) is 1.57. The summed E-state index contributed by atoms with van der Waals surface area (Å²) < 4.78 is 13.2. The van der Waals surface area contributed by atoms with Crippen molar-refractivity contribution in [2.45, 2.75) is 13.5 Å². The van der Waals surface area contributed by atoms with E-state index in [1.807, 2.05) is 31.2 Å². The van der Waals surface area contributed by atoms with Crippen LogP contribution in [0.25, 0.3) is 11.4 Å². The van der Waals surface area contributed by atoms with Crippen molar-refractivity contribution in [2.24, 2.45) is 7.05 Å². The molecule has 0 radical (unpaired) electrons. The Balaban J connectivity index is 1.78. The first-order chi connectivity index (χ1) is 10.7. The molecule has 8 nitrogen and oxygen atoms in total. The second-order valence-corrected chi connectivity index (χ2v) is 4.65. The molecule has 0 amide bonds. The number of benzene rings is 1. The van der Waals surface area contributed by atoms with Gasteiger partial charge in [0.1, 0.15) is 18.6 Å². The average Bonchev–Trinajstić information content (AvgIpc) is 3.11. The number of rotatable bonds is 5. The third-order valence-electron chi connectivity index (χ3n) is 3.06. The molecule has 114 valence electrons. The van der Waals surface area contributed by atoms with Crippen LogP contribution < -0.4 is 10.4 Å². The predicted molar refractivity (Wildman–Crippen MR) is 77.5 cm³/mol. The fourth-order valence-electron chi connectivity index (χ4n) is 1.96. The minimum atomic E-state index is -0.235. The molecule has 3 aromatic rings. The second-order valence-electron chi connectivity index (χ2n) is 4.65. The monoisotopic (exact) mass is 301 g/mol. The lowest BCUT2D eigenvalue weighted by Crippen LogP contribution is -2.23. The van der Waals surface area contributed by atoms with Gasteiger partial charge in [0, 0.05) is 12.6 Å². The number of aromatic nitrogens is 5. The van der Waals surface area contributed by atoms with Gasteiger partial charge in [-0.25, -0.2) is 9.48 Å². The summed E-state index contributed by atoms with van der Waals surface area (Å²) in [7, 11) is 1.63. The van der Waals surface area contributed by atoms with Crippen LogP contribution >= 0.6 is 0 Å². The molecule has 0 bridgehead atoms. The molecular formula is C14H15N5O3. The highest BCUT2D eigenvalue weighted by Crippen LogP contribution is 2.20. The van der Waals surface area contributed by atoms with E-state index in [4.69, 9.17) is 9.26 Å². The molecular weight excluding hydrogens is 286 g/mol. The molecule has 0 atom stereocenters. The van der Waals surface area contributed by atoms with Gasteiger partial charge < -0.3 is 9.26 Å². The fraction of sp³-hybridized carbons (Fsp3) is 0.286. The minimum absolute atomic E-state index is 0.143. The summed E-state index contributed by atoms with van der Waals surface area (Å²) in [5.41, 5.74) is 0.577. The highest BCUT2D eigenvalue weighted by molar-refractivity contribution is 5.55. The minimum Gasteiger partial charge on any atom is -0.494 e. The van der Waals surface area contributed by atoms with Crippen molar-refractivity contribution in [3.05, 3.63) is 47.0 Å². The van der Waals surface area contributed by atoms with Gasteiger partial charge in [-0.05, 0) is 31.2 Å². The normalized spacial score (nSPS) is 10.8. The van der Waals surface area contributed by atoms with E-state index in [-0.39, 0.29) is 12.2 Å². The van der Waals surface area contributed by atoms with Crippen molar-refractivity contribution >= 4 is 0 Å². The smallest absolute Gasteiger partial charge is 0.345 e. The summed E-state index contributed by atoms with van der Waals surface area (Å²) in [5, 5.41) is 7.87. The van der Waals surface area contributed by atoms with E-state index >= 15 is 0 Å². The Morgan fingerprint density at radius 1 is 1.27 bits per heavy atom. The van der Waals surface area contributed by atoms with Gasteiger partial charge in [0.2, 0.25) is 11.7 Å². The van der Waals surface area contributed by atoms with Gasteiger partial charge in [0.25, 0.3) is 0 Å². The van der Waals surface area contributed by atoms with Crippen LogP contribution in [0.5, 0.6) is 5.75 Å². The molecule has 0 aliphatic heterocycles. The Morgan fingerprint density at radius 2 is 2.05 bits per heavy atom. The van der Waals surface area contributed by atoms with Crippen molar-refractivity contribution in [3.63, 3.8) is 0 Å². The van der Waals surface area contributed by atoms with Crippen molar-refractivity contribution in [2.75, 3.05) is 6.61 Å². The lowest BCUT2D eigenvalue weighted by Gasteiger charge is -2.02. The molecule has 2 aromatic heterocycles. The van der Waals surface area contributed by atoms with Crippen molar-refractivity contribution in [3.8, 4) is 17.1 Å². The Bertz CT molecular complexity index is 816. The largest absolute Gasteiger partial charge is 0.494 e. The molecule has 0 fully saturated rings. The van der Waals surface area contributed by atoms with E-state index in [1.54, 1.807) is 7.05 Å². The maximum atomic E-state index is 11.7. The van der Waals surface area contributed by atoms with Gasteiger partial charge in [-0.3, -0.25) is 4.57 Å². The van der Waals surface area contributed by atoms with Crippen LogP contribution in [0.2, 0.25) is 0 Å². The Labute approximate surface area is 126 Å². The first-order valence-corrected chi connectivity index (χ1v) is 6.81. The summed E-state index contributed by atoms with van der Waals surface area (Å²) in [6, 6.07) is 7.40. The zero-order valence-corrected chi connectivity index (χ0v) is 12.3. The molecule has 0 saturated carbocycles. The highest BCUT2D eigenvalue weighted by Gasteiger charge is 2.11. The quantitative estimate of drug-likeness (QED) is 0.700. The van der Waals surface area contributed by atoms with E-state index in [1.165, 1.54) is 15.6 Å². The number of hydrogen-bond donors (Lipinski definition) is 0. The topological polar surface area (TPSA) is 88.0 Å². The van der Waals surface area contributed by atoms with Crippen LogP contribution in [0.3, 0.4) is 0 Å². The molecule has 0 aliphatic carbocycles. The average molecular weight is 301 g/mol. The van der Waals surface area contributed by atoms with Gasteiger partial charge >= 0.3 is 5.69 Å². The Morgan fingerprint density at radius 3 is 2.68 bits per heavy atom. The van der Waals surface area contributed by atoms with Gasteiger partial charge in [-0.2, -0.15) is 10.1 Å². The molecule has 3 rings (SSSR count). The van der Waals surface area contributed by atoms with Gasteiger partial charge in [0.15, 0.2) is 0 Å². The van der Waals surface area contributed by atoms with Gasteiger partial charge in [0.05, 0.1) is 6.61 Å². The molecule has 0 aliphatic rings. The SMILES string of the molecule is CCOc1ccc(-c2noc(Cn3ncn(C)c3=O)n2)cc1. The first-order valence-electron chi connectivity index (χ1n) is 6.81. The van der Waals surface area contributed by atoms with Crippen LogP contribution in [0.1, 0.15) is 12.8 Å². The van der Waals surface area contributed by atoms with E-state index in [2.05, 4.69) is 15.2 Å². The summed E-state index contributed by atoms with van der Waals surface area (Å²) in [6.45, 7) is 2.69. The maximum absolute atomic E-state index is 11.7. The van der Waals surface area contributed by atoms with Crippen molar-refractivity contribution in [1.29, 1.82) is 0 Å². The van der Waals surface area contributed by atoms with E-state index in [0.717, 1.165) is 11.3 Å². The fourth-order valence-corrected chi connectivity index (χ4v) is 1.96. The third-order valence-corrected chi connectivity index (χ3v) is 3.06. The molecule has 22 heavy (non-hydrogen) atoms. The molecule has 0 unspecified atom stereocenters. The number of aryl methyl sites for hydroxylation is 1. The highest BCUT2D eigenvalue weighted by atomic mass is 16.5. The summed E-state index contributed by atoms with van der Waals surface area (Å²) >= 11 is 0. The number of ether oxygens (including phenoxy) is 1. The number of hydrogen-bond acceptors (Lipinski definition) is 6. The lowest BCUT2D eigenvalue weighted by molar-refractivity contribution is 0.340. The number of nitrogens with zero attached hydrogens (tertiary/aromatic N) is 5. The molecule has 0 N–H and O–H groups in total. The zero-order valence-electron chi connectivity index (χ0n) is 12.3. The predicted octanol–water partition coefficient (Wildman–Crippen LogP) is 1.08. The lowest BCUT2D eigenvalue weighted by atomic mass is 10.2. The van der Waals surface area contributed by atoms with Crippen LogP contribution in [0, 0.1) is 0 Å². The maximum Gasteiger partial charge on any atom is 0.345 e. The van der Waals surface area contributed by atoms with E-state index in [9.17, 15) is 4.79 Å². The van der Waals surface area contributed by atoms with E-state index in [0.29, 0.717) is 18.3 Å². The zero-order chi connectivity index (χ0) is 15.5. The van der Waals surface area contributed by atoms with E-state index < -0.39 is 0 Å². The molecule has 8 heteroatoms. The van der Waals surface area contributed by atoms with Crippen LogP contribution in [-0.2, 0) is 13.6 Å². The van der Waals surface area contributed by atoms with Gasteiger partial charge in [-0.15, -0.1) is 0 Å². The summed E-state index contributed by atoms with van der Waals surface area (Å²) in [4.78, 5) is 16.0. The van der Waals surface area contributed by atoms with Crippen LogP contribution in [0.4, 0.5) is 0 Å². The standard InChI is InChI=1S/C14H15N5O3/c1-3-21-11-6-4-10(5-7-11)13-16-12(22-17-13)8-19-14(20)18(2)9-15-19/h4-7,9H,3,8H2,1-2H3. The third kappa shape index (κ3) is 2.76. The molecule has 1 aromatic carbocycles. The van der Waals surface area contributed by atoms with Crippen molar-refractivity contribution in [1.82, 2.24) is 24.5 Å².